The monoisotopic (exact) mass is 249 g/mol. The lowest BCUT2D eigenvalue weighted by atomic mass is 10.2. The molecule has 1 aliphatic rings. The largest absolute Gasteiger partial charge is 0.370 e. The van der Waals surface area contributed by atoms with Gasteiger partial charge in [0.05, 0.1) is 6.04 Å². The van der Waals surface area contributed by atoms with E-state index in [1.807, 2.05) is 42.1 Å². The van der Waals surface area contributed by atoms with E-state index < -0.39 is 0 Å². The van der Waals surface area contributed by atoms with Gasteiger partial charge in [-0.15, -0.1) is 0 Å². The van der Waals surface area contributed by atoms with Crippen LogP contribution in [0.15, 0.2) is 35.3 Å². The fourth-order valence-electron chi connectivity index (χ4n) is 2.21. The molecule has 0 amide bonds. The van der Waals surface area contributed by atoms with E-state index in [0.717, 1.165) is 12.1 Å². The lowest BCUT2D eigenvalue weighted by Gasteiger charge is -2.14. The molecule has 0 spiro atoms. The van der Waals surface area contributed by atoms with Crippen molar-refractivity contribution >= 4 is 23.4 Å². The summed E-state index contributed by atoms with van der Waals surface area (Å²) in [5, 5.41) is 3.76. The number of guanidine groups is 1. The number of nitrogens with zero attached hydrogens (tertiary/aromatic N) is 1. The Bertz CT molecular complexity index is 378. The number of aliphatic imine (C=N–C) groups is 1. The van der Waals surface area contributed by atoms with Crippen LogP contribution in [0.1, 0.15) is 19.3 Å². The van der Waals surface area contributed by atoms with Crippen LogP contribution in [-0.2, 0) is 0 Å². The third-order valence-corrected chi connectivity index (χ3v) is 4.23. The standard InChI is InChI=1S/C13H19N3S/c1-17-12-9-5-8-11(12)16-13(14)15-10-6-3-2-4-7-10/h2-4,6-7,11-12H,5,8-9H2,1H3,(H3,14,15,16). The third kappa shape index (κ3) is 3.40. The van der Waals surface area contributed by atoms with Gasteiger partial charge < -0.3 is 11.1 Å². The molecule has 0 saturated heterocycles. The third-order valence-electron chi connectivity index (χ3n) is 3.07. The summed E-state index contributed by atoms with van der Waals surface area (Å²) < 4.78 is 0. The van der Waals surface area contributed by atoms with E-state index in [2.05, 4.69) is 16.6 Å². The average molecular weight is 249 g/mol. The second-order valence-corrected chi connectivity index (χ2v) is 5.35. The molecule has 2 unspecified atom stereocenters. The average Bonchev–Trinajstić information content (AvgIpc) is 2.77. The fraction of sp³-hybridized carbons (Fsp3) is 0.462. The van der Waals surface area contributed by atoms with E-state index in [0.29, 0.717) is 17.3 Å². The highest BCUT2D eigenvalue weighted by atomic mass is 32.2. The van der Waals surface area contributed by atoms with E-state index in [1.165, 1.54) is 12.8 Å². The van der Waals surface area contributed by atoms with Gasteiger partial charge in [-0.25, -0.2) is 4.99 Å². The van der Waals surface area contributed by atoms with Crippen molar-refractivity contribution in [3.05, 3.63) is 30.3 Å². The molecule has 3 N–H and O–H groups in total. The molecule has 0 aliphatic heterocycles. The van der Waals surface area contributed by atoms with Gasteiger partial charge in [-0.1, -0.05) is 24.6 Å². The molecule has 1 aliphatic carbocycles. The number of nitrogens with two attached hydrogens (primary N) is 1. The van der Waals surface area contributed by atoms with Gasteiger partial charge >= 0.3 is 0 Å². The first-order valence-electron chi connectivity index (χ1n) is 5.97. The Morgan fingerprint density at radius 3 is 2.82 bits per heavy atom. The van der Waals surface area contributed by atoms with Crippen LogP contribution in [-0.4, -0.2) is 23.5 Å². The van der Waals surface area contributed by atoms with E-state index in [9.17, 15) is 0 Å². The molecule has 2 rings (SSSR count). The number of para-hydroxylation sites is 1. The highest BCUT2D eigenvalue weighted by molar-refractivity contribution is 7.99. The summed E-state index contributed by atoms with van der Waals surface area (Å²) in [5.74, 6) is 0.530. The van der Waals surface area contributed by atoms with Crippen LogP contribution < -0.4 is 11.1 Å². The second kappa shape index (κ2) is 5.96. The molecule has 0 aromatic heterocycles. The minimum absolute atomic E-state index is 0.376. The molecule has 2 atom stereocenters. The van der Waals surface area contributed by atoms with Gasteiger partial charge in [-0.2, -0.15) is 11.8 Å². The summed E-state index contributed by atoms with van der Waals surface area (Å²) in [6.07, 6.45) is 5.83. The van der Waals surface area contributed by atoms with Crippen molar-refractivity contribution in [3.8, 4) is 0 Å². The van der Waals surface area contributed by atoms with Gasteiger partial charge in [0, 0.05) is 10.9 Å². The first-order valence-corrected chi connectivity index (χ1v) is 7.26. The molecule has 1 aromatic rings. The van der Waals surface area contributed by atoms with E-state index in [4.69, 9.17) is 5.73 Å². The Kier molecular flexibility index (Phi) is 4.31. The lowest BCUT2D eigenvalue weighted by Crippen LogP contribution is -2.27. The Hall–Kier alpha value is -1.16. The molecule has 0 bridgehead atoms. The number of anilines is 1. The molecule has 92 valence electrons. The van der Waals surface area contributed by atoms with Gasteiger partial charge in [0.2, 0.25) is 0 Å². The SMILES string of the molecule is CSC1CCCC1N=C(N)Nc1ccccc1. The topological polar surface area (TPSA) is 50.4 Å². The maximum absolute atomic E-state index is 5.93. The number of thioether (sulfide) groups is 1. The molecular formula is C13H19N3S. The molecule has 0 radical (unpaired) electrons. The van der Waals surface area contributed by atoms with Crippen molar-refractivity contribution in [2.24, 2.45) is 10.7 Å². The normalized spacial score (nSPS) is 24.9. The summed E-state index contributed by atoms with van der Waals surface area (Å²) in [6.45, 7) is 0. The van der Waals surface area contributed by atoms with E-state index in [-0.39, 0.29) is 0 Å². The van der Waals surface area contributed by atoms with Gasteiger partial charge in [-0.05, 0) is 31.2 Å². The lowest BCUT2D eigenvalue weighted by molar-refractivity contribution is 0.718. The van der Waals surface area contributed by atoms with Crippen LogP contribution in [0.4, 0.5) is 5.69 Å². The first-order chi connectivity index (χ1) is 8.29. The minimum atomic E-state index is 0.376. The summed E-state index contributed by atoms with van der Waals surface area (Å²) in [6, 6.07) is 10.3. The number of nitrogens with one attached hydrogen (secondary N) is 1. The van der Waals surface area contributed by atoms with Crippen molar-refractivity contribution in [1.82, 2.24) is 0 Å². The highest BCUT2D eigenvalue weighted by Crippen LogP contribution is 2.30. The fourth-order valence-corrected chi connectivity index (χ4v) is 3.12. The summed E-state index contributed by atoms with van der Waals surface area (Å²) in [7, 11) is 0. The molecule has 4 heteroatoms. The second-order valence-electron chi connectivity index (χ2n) is 4.28. The van der Waals surface area contributed by atoms with Crippen LogP contribution in [0, 0.1) is 0 Å². The van der Waals surface area contributed by atoms with Crippen molar-refractivity contribution in [2.75, 3.05) is 11.6 Å². The zero-order valence-electron chi connectivity index (χ0n) is 10.1. The molecule has 1 saturated carbocycles. The maximum Gasteiger partial charge on any atom is 0.193 e. The zero-order valence-corrected chi connectivity index (χ0v) is 10.9. The molecule has 17 heavy (non-hydrogen) atoms. The van der Waals surface area contributed by atoms with Crippen molar-refractivity contribution < 1.29 is 0 Å². The summed E-state index contributed by atoms with van der Waals surface area (Å²) >= 11 is 1.90. The Balaban J connectivity index is 1.97. The number of benzene rings is 1. The Morgan fingerprint density at radius 2 is 2.12 bits per heavy atom. The van der Waals surface area contributed by atoms with Crippen molar-refractivity contribution in [2.45, 2.75) is 30.6 Å². The number of hydrogen-bond acceptors (Lipinski definition) is 2. The summed E-state index contributed by atoms with van der Waals surface area (Å²) in [5.41, 5.74) is 6.93. The Morgan fingerprint density at radius 1 is 1.35 bits per heavy atom. The summed E-state index contributed by atoms with van der Waals surface area (Å²) in [4.78, 5) is 4.59. The zero-order chi connectivity index (χ0) is 12.1. The number of hydrogen-bond donors (Lipinski definition) is 2. The maximum atomic E-state index is 5.93. The highest BCUT2D eigenvalue weighted by Gasteiger charge is 2.26. The van der Waals surface area contributed by atoms with Crippen LogP contribution >= 0.6 is 11.8 Å². The van der Waals surface area contributed by atoms with Crippen LogP contribution in [0.2, 0.25) is 0 Å². The van der Waals surface area contributed by atoms with E-state index >= 15 is 0 Å². The predicted octanol–water partition coefficient (Wildman–Crippen LogP) is 2.70. The quantitative estimate of drug-likeness (QED) is 0.639. The van der Waals surface area contributed by atoms with Gasteiger partial charge in [0.25, 0.3) is 0 Å². The molecule has 1 aromatic carbocycles. The van der Waals surface area contributed by atoms with Crippen LogP contribution in [0.3, 0.4) is 0 Å². The number of rotatable bonds is 3. The van der Waals surface area contributed by atoms with Gasteiger partial charge in [0.15, 0.2) is 5.96 Å². The minimum Gasteiger partial charge on any atom is -0.370 e. The smallest absolute Gasteiger partial charge is 0.193 e. The molecule has 3 nitrogen and oxygen atoms in total. The van der Waals surface area contributed by atoms with E-state index in [1.54, 1.807) is 0 Å². The molecule has 1 fully saturated rings. The van der Waals surface area contributed by atoms with Crippen LogP contribution in [0.5, 0.6) is 0 Å². The molecular weight excluding hydrogens is 230 g/mol. The predicted molar refractivity (Wildman–Crippen MR) is 76.6 cm³/mol. The Labute approximate surface area is 107 Å². The molecule has 0 heterocycles. The van der Waals surface area contributed by atoms with Crippen molar-refractivity contribution in [1.29, 1.82) is 0 Å². The van der Waals surface area contributed by atoms with Crippen molar-refractivity contribution in [3.63, 3.8) is 0 Å². The van der Waals surface area contributed by atoms with Gasteiger partial charge in [-0.3, -0.25) is 0 Å². The van der Waals surface area contributed by atoms with Crippen LogP contribution in [0.25, 0.3) is 0 Å². The van der Waals surface area contributed by atoms with Gasteiger partial charge in [0.1, 0.15) is 0 Å². The first kappa shape index (κ1) is 12.3.